The number of likely N-dealkylation sites (tertiary alicyclic amines) is 1. The number of nitrogens with two attached hydrogens (primary N) is 1. The first-order valence-corrected chi connectivity index (χ1v) is 13.0. The molecule has 2 aromatic carbocycles. The van der Waals surface area contributed by atoms with Gasteiger partial charge in [-0.1, -0.05) is 30.3 Å². The number of carbonyl (C=O) groups excluding carboxylic acids is 3. The Bertz CT molecular complexity index is 1370. The number of carboxylic acid groups (broad SMARTS) is 1. The summed E-state index contributed by atoms with van der Waals surface area (Å²) >= 11 is 0. The molecule has 12 heteroatoms. The van der Waals surface area contributed by atoms with E-state index in [0.29, 0.717) is 18.4 Å². The minimum Gasteiger partial charge on any atom is -0.508 e. The fraction of sp³-hybridized carbons (Fsp3) is 0.357. The molecule has 8 N–H and O–H groups in total. The fourth-order valence-corrected chi connectivity index (χ4v) is 4.92. The number of fused-ring (bicyclic) bond motifs is 1. The molecule has 3 aromatic rings. The number of aromatic nitrogens is 1. The largest absolute Gasteiger partial charge is 0.508 e. The summed E-state index contributed by atoms with van der Waals surface area (Å²) in [6.07, 6.45) is 2.65. The number of phenols is 1. The molecule has 4 rings (SSSR count). The van der Waals surface area contributed by atoms with Crippen molar-refractivity contribution in [2.45, 2.75) is 49.9 Å². The highest BCUT2D eigenvalue weighted by Crippen LogP contribution is 2.22. The average Bonchev–Trinajstić information content (AvgIpc) is 3.60. The van der Waals surface area contributed by atoms with Gasteiger partial charge in [-0.25, -0.2) is 4.79 Å². The highest BCUT2D eigenvalue weighted by molar-refractivity contribution is 5.95. The molecule has 1 aliphatic heterocycles. The lowest BCUT2D eigenvalue weighted by atomic mass is 10.0. The molecular weight excluding hydrogens is 518 g/mol. The molecule has 3 amide bonds. The Labute approximate surface area is 230 Å². The first-order chi connectivity index (χ1) is 19.2. The number of hydrogen-bond acceptors (Lipinski definition) is 7. The average molecular weight is 552 g/mol. The highest BCUT2D eigenvalue weighted by Gasteiger charge is 2.39. The molecular formula is C28H33N5O7. The van der Waals surface area contributed by atoms with E-state index in [1.165, 1.54) is 17.0 Å². The van der Waals surface area contributed by atoms with Crippen molar-refractivity contribution in [2.75, 3.05) is 13.2 Å². The molecule has 2 heterocycles. The Morgan fingerprint density at radius 2 is 1.75 bits per heavy atom. The van der Waals surface area contributed by atoms with Gasteiger partial charge in [0.25, 0.3) is 0 Å². The monoisotopic (exact) mass is 551 g/mol. The Hall–Kier alpha value is -4.42. The zero-order valence-electron chi connectivity index (χ0n) is 21.7. The van der Waals surface area contributed by atoms with Crippen LogP contribution in [0.3, 0.4) is 0 Å². The Morgan fingerprint density at radius 3 is 2.45 bits per heavy atom. The third-order valence-corrected chi connectivity index (χ3v) is 7.08. The lowest BCUT2D eigenvalue weighted by Crippen LogP contribution is -2.57. The number of aliphatic hydroxyl groups is 1. The number of phenolic OH excluding ortho intramolecular Hbond substituents is 1. The summed E-state index contributed by atoms with van der Waals surface area (Å²) in [5.41, 5.74) is 7.86. The van der Waals surface area contributed by atoms with E-state index in [2.05, 4.69) is 15.6 Å². The number of benzene rings is 2. The van der Waals surface area contributed by atoms with Crippen molar-refractivity contribution < 1.29 is 34.5 Å². The molecule has 1 fully saturated rings. The number of hydrogen-bond donors (Lipinski definition) is 7. The molecule has 1 aliphatic rings. The summed E-state index contributed by atoms with van der Waals surface area (Å²) in [6, 6.07) is 9.04. The summed E-state index contributed by atoms with van der Waals surface area (Å²) in [6.45, 7) is -0.376. The van der Waals surface area contributed by atoms with E-state index in [1.807, 2.05) is 24.3 Å². The van der Waals surface area contributed by atoms with Crippen LogP contribution in [-0.4, -0.2) is 86.2 Å². The van der Waals surface area contributed by atoms with Gasteiger partial charge < -0.3 is 41.6 Å². The number of nitrogens with one attached hydrogen (secondary N) is 3. The molecule has 4 atom stereocenters. The van der Waals surface area contributed by atoms with E-state index >= 15 is 0 Å². The molecule has 0 saturated carbocycles. The molecule has 0 aliphatic carbocycles. The van der Waals surface area contributed by atoms with Gasteiger partial charge in [0, 0.05) is 36.5 Å². The zero-order chi connectivity index (χ0) is 28.8. The van der Waals surface area contributed by atoms with Gasteiger partial charge >= 0.3 is 5.97 Å². The van der Waals surface area contributed by atoms with Gasteiger partial charge in [0.1, 0.15) is 29.9 Å². The summed E-state index contributed by atoms with van der Waals surface area (Å²) in [7, 11) is 0. The van der Waals surface area contributed by atoms with Crippen molar-refractivity contribution >= 4 is 34.6 Å². The van der Waals surface area contributed by atoms with Gasteiger partial charge in [0.05, 0.1) is 6.61 Å². The molecule has 0 bridgehead atoms. The van der Waals surface area contributed by atoms with Gasteiger partial charge in [0.15, 0.2) is 0 Å². The summed E-state index contributed by atoms with van der Waals surface area (Å²) in [4.78, 5) is 56.0. The topological polar surface area (TPSA) is 198 Å². The lowest BCUT2D eigenvalue weighted by molar-refractivity contribution is -0.145. The number of aromatic hydroxyl groups is 1. The van der Waals surface area contributed by atoms with Crippen molar-refractivity contribution in [1.82, 2.24) is 20.5 Å². The van der Waals surface area contributed by atoms with E-state index in [1.54, 1.807) is 18.3 Å². The quantitative estimate of drug-likeness (QED) is 0.173. The van der Waals surface area contributed by atoms with Crippen LogP contribution < -0.4 is 16.4 Å². The van der Waals surface area contributed by atoms with Crippen LogP contribution >= 0.6 is 0 Å². The molecule has 0 spiro atoms. The van der Waals surface area contributed by atoms with Crippen LogP contribution in [0.4, 0.5) is 0 Å². The predicted molar refractivity (Wildman–Crippen MR) is 145 cm³/mol. The van der Waals surface area contributed by atoms with E-state index < -0.39 is 54.5 Å². The second-order valence-electron chi connectivity index (χ2n) is 9.87. The molecule has 4 unspecified atom stereocenters. The van der Waals surface area contributed by atoms with Crippen molar-refractivity contribution in [2.24, 2.45) is 5.73 Å². The van der Waals surface area contributed by atoms with Crippen molar-refractivity contribution in [3.8, 4) is 5.75 Å². The van der Waals surface area contributed by atoms with E-state index in [9.17, 15) is 34.5 Å². The normalized spacial score (nSPS) is 17.2. The van der Waals surface area contributed by atoms with Crippen LogP contribution in [0, 0.1) is 0 Å². The maximum atomic E-state index is 13.7. The minimum atomic E-state index is -1.24. The molecule has 0 radical (unpaired) electrons. The summed E-state index contributed by atoms with van der Waals surface area (Å²) < 4.78 is 0. The Kier molecular flexibility index (Phi) is 9.02. The van der Waals surface area contributed by atoms with Crippen LogP contribution in [0.5, 0.6) is 5.75 Å². The standard InChI is InChI=1S/C28H33N5O7/c29-20(15-34)25(36)31-22(12-16-7-9-18(35)10-8-16)27(38)33-11-3-6-24(33)26(37)32-23(28(39)40)13-17-14-30-21-5-2-1-4-19(17)21/h1-2,4-5,7-10,14,20,22-24,30,34-35H,3,6,11-13,15,29H2,(H,31,36)(H,32,37)(H,39,40). The van der Waals surface area contributed by atoms with E-state index in [4.69, 9.17) is 5.73 Å². The van der Waals surface area contributed by atoms with Gasteiger partial charge in [0.2, 0.25) is 17.7 Å². The van der Waals surface area contributed by atoms with Crippen molar-refractivity contribution in [3.63, 3.8) is 0 Å². The summed E-state index contributed by atoms with van der Waals surface area (Å²) in [5.74, 6) is -3.03. The van der Waals surface area contributed by atoms with Gasteiger partial charge in [-0.05, 0) is 42.2 Å². The number of amides is 3. The number of aliphatic carboxylic acids is 1. The Morgan fingerprint density at radius 1 is 1.02 bits per heavy atom. The number of aromatic amines is 1. The number of para-hydroxylation sites is 1. The number of H-pyrrole nitrogens is 1. The summed E-state index contributed by atoms with van der Waals surface area (Å²) in [5, 5.41) is 34.7. The number of carbonyl (C=O) groups is 4. The number of rotatable bonds is 11. The van der Waals surface area contributed by atoms with Gasteiger partial charge in [-0.3, -0.25) is 14.4 Å². The van der Waals surface area contributed by atoms with Crippen molar-refractivity contribution in [1.29, 1.82) is 0 Å². The SMILES string of the molecule is NC(CO)C(=O)NC(Cc1ccc(O)cc1)C(=O)N1CCCC1C(=O)NC(Cc1c[nH]c2ccccc12)C(=O)O. The maximum Gasteiger partial charge on any atom is 0.326 e. The molecule has 212 valence electrons. The minimum absolute atomic E-state index is 0.0369. The van der Waals surface area contributed by atoms with Crippen LogP contribution in [-0.2, 0) is 32.0 Å². The van der Waals surface area contributed by atoms with Crippen LogP contribution in [0.1, 0.15) is 24.0 Å². The Balaban J connectivity index is 1.50. The molecule has 12 nitrogen and oxygen atoms in total. The first kappa shape index (κ1) is 28.6. The number of nitrogens with zero attached hydrogens (tertiary/aromatic N) is 1. The third-order valence-electron chi connectivity index (χ3n) is 7.08. The zero-order valence-corrected chi connectivity index (χ0v) is 21.7. The fourth-order valence-electron chi connectivity index (χ4n) is 4.92. The number of carboxylic acids is 1. The van der Waals surface area contributed by atoms with Gasteiger partial charge in [-0.2, -0.15) is 0 Å². The highest BCUT2D eigenvalue weighted by atomic mass is 16.4. The van der Waals surface area contributed by atoms with E-state index in [0.717, 1.165) is 16.5 Å². The second kappa shape index (κ2) is 12.6. The van der Waals surface area contributed by atoms with Crippen molar-refractivity contribution in [3.05, 3.63) is 65.9 Å². The maximum absolute atomic E-state index is 13.7. The first-order valence-electron chi connectivity index (χ1n) is 13.0. The molecule has 1 aromatic heterocycles. The molecule has 40 heavy (non-hydrogen) atoms. The van der Waals surface area contributed by atoms with Crippen LogP contribution in [0.2, 0.25) is 0 Å². The van der Waals surface area contributed by atoms with Crippen LogP contribution in [0.15, 0.2) is 54.7 Å². The van der Waals surface area contributed by atoms with Gasteiger partial charge in [-0.15, -0.1) is 0 Å². The lowest BCUT2D eigenvalue weighted by Gasteiger charge is -2.30. The van der Waals surface area contributed by atoms with E-state index in [-0.39, 0.29) is 25.1 Å². The molecule has 1 saturated heterocycles. The predicted octanol–water partition coefficient (Wildman–Crippen LogP) is 0.0235. The second-order valence-corrected chi connectivity index (χ2v) is 9.87. The van der Waals surface area contributed by atoms with Crippen LogP contribution in [0.25, 0.3) is 10.9 Å². The number of aliphatic hydroxyl groups excluding tert-OH is 1. The third kappa shape index (κ3) is 6.58. The smallest absolute Gasteiger partial charge is 0.326 e.